The summed E-state index contributed by atoms with van der Waals surface area (Å²) in [6.45, 7) is 6.02. The topological polar surface area (TPSA) is 72.5 Å². The highest BCUT2D eigenvalue weighted by molar-refractivity contribution is 7.87. The molecule has 6 atom stereocenters. The maximum absolute atomic E-state index is 12.8. The van der Waals surface area contributed by atoms with Crippen LogP contribution in [0.15, 0.2) is 23.6 Å². The van der Waals surface area contributed by atoms with Gasteiger partial charge in [-0.3, -0.25) is 4.79 Å². The van der Waals surface area contributed by atoms with Crippen LogP contribution in [0.25, 0.3) is 0 Å². The predicted octanol–water partition coefficient (Wildman–Crippen LogP) is 4.67. The first-order valence-corrected chi connectivity index (χ1v) is 11.4. The van der Waals surface area contributed by atoms with Gasteiger partial charge in [0.1, 0.15) is 5.76 Å². The van der Waals surface area contributed by atoms with Crippen LogP contribution in [0.2, 0.25) is 0 Å². The van der Waals surface area contributed by atoms with Gasteiger partial charge in [-0.05, 0) is 56.4 Å². The molecule has 4 rings (SSSR count). The Bertz CT molecular complexity index is 910. The van der Waals surface area contributed by atoms with Crippen molar-refractivity contribution in [3.8, 4) is 0 Å². The third-order valence-corrected chi connectivity index (χ3v) is 8.88. The van der Waals surface area contributed by atoms with Crippen LogP contribution in [-0.2, 0) is 19.1 Å². The van der Waals surface area contributed by atoms with Crippen LogP contribution in [0, 0.1) is 28.6 Å². The van der Waals surface area contributed by atoms with E-state index in [0.29, 0.717) is 19.3 Å². The number of carbonyl (C=O) groups excluding carboxylic acids is 1. The first-order chi connectivity index (χ1) is 13.3. The molecule has 0 aromatic heterocycles. The monoisotopic (exact) mass is 449 g/mol. The fraction of sp³-hybridized carbons (Fsp3) is 0.762. The number of halogens is 3. The number of fused-ring (bicyclic) bond motifs is 5. The van der Waals surface area contributed by atoms with Crippen LogP contribution in [0.1, 0.15) is 60.3 Å². The molecular formula is C21H30F3NO4S. The summed E-state index contributed by atoms with van der Waals surface area (Å²) < 4.78 is 66.4. The van der Waals surface area contributed by atoms with Crippen LogP contribution in [-0.4, -0.2) is 25.8 Å². The number of allylic oxidation sites excluding steroid dienone is 4. The van der Waals surface area contributed by atoms with Crippen molar-refractivity contribution in [2.75, 3.05) is 0 Å². The van der Waals surface area contributed by atoms with Crippen molar-refractivity contribution in [1.29, 1.82) is 0 Å². The van der Waals surface area contributed by atoms with E-state index in [0.717, 1.165) is 18.5 Å². The fourth-order valence-electron chi connectivity index (χ4n) is 6.31. The molecule has 5 nitrogen and oxygen atoms in total. The summed E-state index contributed by atoms with van der Waals surface area (Å²) in [5, 5.41) is 3.48. The molecule has 1 saturated carbocycles. The van der Waals surface area contributed by atoms with Gasteiger partial charge >= 0.3 is 15.6 Å². The lowest BCUT2D eigenvalue weighted by atomic mass is 9.49. The SMILES string of the molecule is C.C[C@H]1NC2=CC(=O)CC[C@]2(C)C2CC[C@]3(C)C(OS(=O)(=O)C(F)(F)F)=CCC3C21. The molecule has 30 heavy (non-hydrogen) atoms. The Morgan fingerprint density at radius 1 is 1.17 bits per heavy atom. The molecule has 9 heteroatoms. The molecule has 0 aromatic carbocycles. The molecule has 0 amide bonds. The maximum Gasteiger partial charge on any atom is 0.534 e. The molecule has 1 saturated heterocycles. The number of carbonyl (C=O) groups is 1. The summed E-state index contributed by atoms with van der Waals surface area (Å²) in [6.07, 6.45) is 6.28. The Labute approximate surface area is 176 Å². The van der Waals surface area contributed by atoms with Crippen molar-refractivity contribution < 1.29 is 30.6 Å². The van der Waals surface area contributed by atoms with Gasteiger partial charge in [0.25, 0.3) is 0 Å². The number of alkyl halides is 3. The second kappa shape index (κ2) is 7.00. The minimum Gasteiger partial charge on any atom is -0.385 e. The van der Waals surface area contributed by atoms with E-state index in [1.807, 2.05) is 13.8 Å². The molecule has 2 fully saturated rings. The Morgan fingerprint density at radius 3 is 2.47 bits per heavy atom. The summed E-state index contributed by atoms with van der Waals surface area (Å²) in [5.74, 6) is 0.457. The molecule has 0 bridgehead atoms. The average Bonchev–Trinajstić information content (AvgIpc) is 2.92. The van der Waals surface area contributed by atoms with Crippen LogP contribution in [0.5, 0.6) is 0 Å². The predicted molar refractivity (Wildman–Crippen MR) is 106 cm³/mol. The van der Waals surface area contributed by atoms with Gasteiger partial charge in [0.2, 0.25) is 0 Å². The number of nitrogens with one attached hydrogen (secondary N) is 1. The van der Waals surface area contributed by atoms with E-state index in [4.69, 9.17) is 0 Å². The van der Waals surface area contributed by atoms with E-state index in [9.17, 15) is 26.4 Å². The normalized spacial score (nSPS) is 40.7. The zero-order valence-corrected chi connectivity index (χ0v) is 17.5. The third-order valence-electron chi connectivity index (χ3n) is 7.92. The van der Waals surface area contributed by atoms with Crippen molar-refractivity contribution in [3.63, 3.8) is 0 Å². The molecule has 0 radical (unpaired) electrons. The van der Waals surface area contributed by atoms with Gasteiger partial charge in [-0.25, -0.2) is 0 Å². The summed E-state index contributed by atoms with van der Waals surface area (Å²) in [6, 6.07) is 0.0295. The first kappa shape index (κ1) is 23.2. The van der Waals surface area contributed by atoms with Crippen molar-refractivity contribution >= 4 is 15.9 Å². The van der Waals surface area contributed by atoms with Crippen molar-refractivity contribution in [3.05, 3.63) is 23.6 Å². The van der Waals surface area contributed by atoms with Crippen LogP contribution < -0.4 is 5.32 Å². The number of ketones is 1. The molecular weight excluding hydrogens is 419 g/mol. The number of hydrogen-bond acceptors (Lipinski definition) is 5. The highest BCUT2D eigenvalue weighted by Gasteiger charge is 2.61. The largest absolute Gasteiger partial charge is 0.534 e. The zero-order chi connectivity index (χ0) is 21.4. The van der Waals surface area contributed by atoms with Gasteiger partial charge in [0, 0.05) is 35.1 Å². The number of piperidine rings is 1. The lowest BCUT2D eigenvalue weighted by Gasteiger charge is -2.59. The van der Waals surface area contributed by atoms with Gasteiger partial charge in [-0.15, -0.1) is 0 Å². The van der Waals surface area contributed by atoms with Crippen LogP contribution in [0.4, 0.5) is 13.2 Å². The van der Waals surface area contributed by atoms with E-state index in [2.05, 4.69) is 16.4 Å². The number of hydrogen-bond donors (Lipinski definition) is 1. The van der Waals surface area contributed by atoms with Crippen molar-refractivity contribution in [1.82, 2.24) is 5.32 Å². The Morgan fingerprint density at radius 2 is 1.83 bits per heavy atom. The van der Waals surface area contributed by atoms with Crippen LogP contribution >= 0.6 is 0 Å². The van der Waals surface area contributed by atoms with Gasteiger partial charge in [-0.2, -0.15) is 21.6 Å². The summed E-state index contributed by atoms with van der Waals surface area (Å²) in [5.41, 5.74) is -5.40. The van der Waals surface area contributed by atoms with Gasteiger partial charge < -0.3 is 9.50 Å². The Kier molecular flexibility index (Phi) is 5.40. The van der Waals surface area contributed by atoms with E-state index in [-0.39, 0.29) is 48.2 Å². The highest BCUT2D eigenvalue weighted by atomic mass is 32.2. The molecule has 0 spiro atoms. The zero-order valence-electron chi connectivity index (χ0n) is 16.7. The lowest BCUT2D eigenvalue weighted by Crippen LogP contribution is -2.60. The molecule has 170 valence electrons. The quantitative estimate of drug-likeness (QED) is 0.490. The summed E-state index contributed by atoms with van der Waals surface area (Å²) in [4.78, 5) is 11.9. The minimum atomic E-state index is -5.68. The molecule has 3 unspecified atom stereocenters. The molecule has 1 heterocycles. The Hall–Kier alpha value is -1.51. The molecule has 1 aliphatic heterocycles. The first-order valence-electron chi connectivity index (χ1n) is 10.0. The van der Waals surface area contributed by atoms with E-state index in [1.165, 1.54) is 6.08 Å². The Balaban J connectivity index is 0.00000256. The van der Waals surface area contributed by atoms with Gasteiger partial charge in [0.05, 0.1) is 0 Å². The standard InChI is InChI=1S/C20H26F3NO4S.CH4/c1-11-17-13-4-5-16(28-29(26,27)20(21,22)23)19(13,3)9-7-14(17)18(2)8-6-12(25)10-15(18)24-11;/h5,10-11,13-14,17,24H,4,6-9H2,1-3H3;1H4/t11-,13?,14?,17?,18-,19+;/m1./s1. The molecule has 0 aromatic rings. The average molecular weight is 450 g/mol. The summed E-state index contributed by atoms with van der Waals surface area (Å²) >= 11 is 0. The summed E-state index contributed by atoms with van der Waals surface area (Å²) in [7, 11) is -5.68. The molecule has 1 N–H and O–H groups in total. The molecule has 3 aliphatic carbocycles. The molecule has 4 aliphatic rings. The second-order valence-corrected chi connectivity index (χ2v) is 10.9. The van der Waals surface area contributed by atoms with Crippen molar-refractivity contribution in [2.45, 2.75) is 71.9 Å². The van der Waals surface area contributed by atoms with Crippen LogP contribution in [0.3, 0.4) is 0 Å². The van der Waals surface area contributed by atoms with E-state index < -0.39 is 21.0 Å². The van der Waals surface area contributed by atoms with Gasteiger partial charge in [0.15, 0.2) is 5.78 Å². The van der Waals surface area contributed by atoms with Gasteiger partial charge in [-0.1, -0.05) is 21.3 Å². The van der Waals surface area contributed by atoms with Crippen molar-refractivity contribution in [2.24, 2.45) is 28.6 Å². The maximum atomic E-state index is 12.8. The van der Waals surface area contributed by atoms with E-state index >= 15 is 0 Å². The third kappa shape index (κ3) is 3.19. The minimum absolute atomic E-state index is 0. The lowest BCUT2D eigenvalue weighted by molar-refractivity contribution is -0.117. The second-order valence-electron chi connectivity index (χ2n) is 9.41. The smallest absolute Gasteiger partial charge is 0.385 e. The number of rotatable bonds is 2. The van der Waals surface area contributed by atoms with E-state index in [1.54, 1.807) is 6.08 Å². The fourth-order valence-corrected chi connectivity index (χ4v) is 6.90. The highest BCUT2D eigenvalue weighted by Crippen LogP contribution is 2.64.